The molecular formula is C25H24FN3O2S. The molecule has 1 aliphatic heterocycles. The molecule has 2 N–H and O–H groups in total. The number of hydrogen-bond donors (Lipinski definition) is 2. The van der Waals surface area contributed by atoms with Crippen molar-refractivity contribution < 1.29 is 13.9 Å². The van der Waals surface area contributed by atoms with E-state index in [-0.39, 0.29) is 11.7 Å². The fourth-order valence-electron chi connectivity index (χ4n) is 3.45. The standard InChI is InChI=1S/C25H24FN3O2S/c26-20-7-3-19(4-8-20)17-31-23-13-5-18(6-14-23)16-27-25(32)28-21-9-11-22(12-10-21)29-15-1-2-24(29)30/h3-14H,1-2,15-17H2,(H2,27,28,32). The van der Waals surface area contributed by atoms with Crippen molar-refractivity contribution in [1.82, 2.24) is 5.32 Å². The van der Waals surface area contributed by atoms with Crippen LogP contribution < -0.4 is 20.3 Å². The van der Waals surface area contributed by atoms with Crippen molar-refractivity contribution in [2.45, 2.75) is 26.0 Å². The van der Waals surface area contributed by atoms with E-state index in [0.717, 1.165) is 41.2 Å². The number of anilines is 2. The van der Waals surface area contributed by atoms with E-state index >= 15 is 0 Å². The lowest BCUT2D eigenvalue weighted by molar-refractivity contribution is -0.117. The lowest BCUT2D eigenvalue weighted by Gasteiger charge is -2.16. The van der Waals surface area contributed by atoms with Crippen LogP contribution in [0.2, 0.25) is 0 Å². The highest BCUT2D eigenvalue weighted by Crippen LogP contribution is 2.23. The highest BCUT2D eigenvalue weighted by atomic mass is 32.1. The Morgan fingerprint density at radius 3 is 2.31 bits per heavy atom. The van der Waals surface area contributed by atoms with Crippen LogP contribution in [0.5, 0.6) is 5.75 Å². The first-order chi connectivity index (χ1) is 15.6. The van der Waals surface area contributed by atoms with Crippen LogP contribution in [-0.2, 0) is 17.9 Å². The van der Waals surface area contributed by atoms with Crippen LogP contribution in [0.25, 0.3) is 0 Å². The normalized spacial score (nSPS) is 13.2. The molecule has 1 heterocycles. The largest absolute Gasteiger partial charge is 0.489 e. The number of hydrogen-bond acceptors (Lipinski definition) is 3. The number of rotatable bonds is 7. The topological polar surface area (TPSA) is 53.6 Å². The van der Waals surface area contributed by atoms with Gasteiger partial charge in [0.1, 0.15) is 18.2 Å². The van der Waals surface area contributed by atoms with E-state index in [1.807, 2.05) is 53.4 Å². The molecule has 7 heteroatoms. The van der Waals surface area contributed by atoms with Gasteiger partial charge in [-0.1, -0.05) is 24.3 Å². The molecule has 4 rings (SSSR count). The maximum absolute atomic E-state index is 13.0. The molecule has 0 radical (unpaired) electrons. The zero-order valence-electron chi connectivity index (χ0n) is 17.5. The first-order valence-electron chi connectivity index (χ1n) is 10.5. The van der Waals surface area contributed by atoms with Crippen LogP contribution in [0.1, 0.15) is 24.0 Å². The van der Waals surface area contributed by atoms with E-state index in [0.29, 0.717) is 24.7 Å². The molecule has 0 saturated carbocycles. The Labute approximate surface area is 192 Å². The number of ether oxygens (including phenoxy) is 1. The lowest BCUT2D eigenvalue weighted by Crippen LogP contribution is -2.28. The van der Waals surface area contributed by atoms with Crippen molar-refractivity contribution in [3.05, 3.63) is 89.7 Å². The number of carbonyl (C=O) groups excluding carboxylic acids is 1. The first-order valence-corrected chi connectivity index (χ1v) is 10.9. The third-order valence-electron chi connectivity index (χ3n) is 5.21. The molecule has 0 spiro atoms. The van der Waals surface area contributed by atoms with Gasteiger partial charge in [-0.2, -0.15) is 0 Å². The molecule has 3 aromatic carbocycles. The second kappa shape index (κ2) is 10.2. The summed E-state index contributed by atoms with van der Waals surface area (Å²) in [4.78, 5) is 13.7. The molecule has 1 fully saturated rings. The fraction of sp³-hybridized carbons (Fsp3) is 0.200. The first kappa shape index (κ1) is 21.8. The zero-order valence-corrected chi connectivity index (χ0v) is 18.3. The molecule has 0 unspecified atom stereocenters. The van der Waals surface area contributed by atoms with Gasteiger partial charge in [0, 0.05) is 30.9 Å². The van der Waals surface area contributed by atoms with Crippen LogP contribution in [0, 0.1) is 5.82 Å². The number of nitrogens with one attached hydrogen (secondary N) is 2. The quantitative estimate of drug-likeness (QED) is 0.496. The van der Waals surface area contributed by atoms with Crippen molar-refractivity contribution in [2.75, 3.05) is 16.8 Å². The molecule has 32 heavy (non-hydrogen) atoms. The van der Waals surface area contributed by atoms with Crippen molar-refractivity contribution in [3.63, 3.8) is 0 Å². The molecule has 164 valence electrons. The summed E-state index contributed by atoms with van der Waals surface area (Å²) in [5, 5.41) is 6.87. The van der Waals surface area contributed by atoms with Gasteiger partial charge in [-0.15, -0.1) is 0 Å². The number of halogens is 1. The maximum Gasteiger partial charge on any atom is 0.227 e. The van der Waals surface area contributed by atoms with Gasteiger partial charge in [0.15, 0.2) is 5.11 Å². The molecule has 0 aliphatic carbocycles. The van der Waals surface area contributed by atoms with Gasteiger partial charge in [-0.25, -0.2) is 4.39 Å². The van der Waals surface area contributed by atoms with Crippen LogP contribution >= 0.6 is 12.2 Å². The SMILES string of the molecule is O=C1CCCN1c1ccc(NC(=S)NCc2ccc(OCc3ccc(F)cc3)cc2)cc1. The fourth-order valence-corrected chi connectivity index (χ4v) is 3.64. The predicted molar refractivity (Wildman–Crippen MR) is 128 cm³/mol. The highest BCUT2D eigenvalue weighted by molar-refractivity contribution is 7.80. The van der Waals surface area contributed by atoms with Crippen LogP contribution in [0.4, 0.5) is 15.8 Å². The monoisotopic (exact) mass is 449 g/mol. The second-order valence-electron chi connectivity index (χ2n) is 7.56. The van der Waals surface area contributed by atoms with Crippen molar-refractivity contribution in [1.29, 1.82) is 0 Å². The van der Waals surface area contributed by atoms with E-state index in [1.54, 1.807) is 12.1 Å². The van der Waals surface area contributed by atoms with E-state index < -0.39 is 0 Å². The second-order valence-corrected chi connectivity index (χ2v) is 7.97. The van der Waals surface area contributed by atoms with Crippen molar-refractivity contribution in [2.24, 2.45) is 0 Å². The van der Waals surface area contributed by atoms with E-state index in [4.69, 9.17) is 17.0 Å². The Kier molecular flexibility index (Phi) is 6.97. The summed E-state index contributed by atoms with van der Waals surface area (Å²) >= 11 is 5.39. The number of carbonyl (C=O) groups is 1. The minimum absolute atomic E-state index is 0.176. The molecule has 0 atom stereocenters. The summed E-state index contributed by atoms with van der Waals surface area (Å²) in [6.07, 6.45) is 1.53. The Bertz CT molecular complexity index is 1070. The van der Waals surface area contributed by atoms with Gasteiger partial charge >= 0.3 is 0 Å². The minimum Gasteiger partial charge on any atom is -0.489 e. The van der Waals surface area contributed by atoms with Gasteiger partial charge in [0.2, 0.25) is 5.91 Å². The van der Waals surface area contributed by atoms with Gasteiger partial charge in [-0.05, 0) is 78.3 Å². The number of thiocarbonyl (C=S) groups is 1. The molecule has 1 saturated heterocycles. The number of benzene rings is 3. The number of amides is 1. The molecule has 1 aliphatic rings. The molecule has 3 aromatic rings. The molecular weight excluding hydrogens is 425 g/mol. The van der Waals surface area contributed by atoms with E-state index in [9.17, 15) is 9.18 Å². The van der Waals surface area contributed by atoms with Crippen molar-refractivity contribution >= 4 is 34.6 Å². The third-order valence-corrected chi connectivity index (χ3v) is 5.45. The summed E-state index contributed by atoms with van der Waals surface area (Å²) < 4.78 is 18.7. The Morgan fingerprint density at radius 2 is 1.66 bits per heavy atom. The van der Waals surface area contributed by atoms with Gasteiger partial charge in [0.25, 0.3) is 0 Å². The Morgan fingerprint density at radius 1 is 0.969 bits per heavy atom. The summed E-state index contributed by atoms with van der Waals surface area (Å²) in [6.45, 7) is 1.74. The summed E-state index contributed by atoms with van der Waals surface area (Å²) in [5.41, 5.74) is 3.75. The van der Waals surface area contributed by atoms with Crippen LogP contribution in [-0.4, -0.2) is 17.6 Å². The molecule has 0 bridgehead atoms. The molecule has 5 nitrogen and oxygen atoms in total. The maximum atomic E-state index is 13.0. The minimum atomic E-state index is -0.256. The zero-order chi connectivity index (χ0) is 22.3. The molecule has 1 amide bonds. The van der Waals surface area contributed by atoms with Crippen LogP contribution in [0.15, 0.2) is 72.8 Å². The number of nitrogens with zero attached hydrogens (tertiary/aromatic N) is 1. The summed E-state index contributed by atoms with van der Waals surface area (Å²) in [7, 11) is 0. The predicted octanol–water partition coefficient (Wildman–Crippen LogP) is 5.02. The molecule has 0 aromatic heterocycles. The highest BCUT2D eigenvalue weighted by Gasteiger charge is 2.21. The average molecular weight is 450 g/mol. The van der Waals surface area contributed by atoms with Gasteiger partial charge in [-0.3, -0.25) is 4.79 Å². The van der Waals surface area contributed by atoms with Gasteiger partial charge in [0.05, 0.1) is 0 Å². The average Bonchev–Trinajstić information content (AvgIpc) is 3.24. The van der Waals surface area contributed by atoms with Crippen LogP contribution in [0.3, 0.4) is 0 Å². The Hall–Kier alpha value is -3.45. The van der Waals surface area contributed by atoms with E-state index in [1.165, 1.54) is 12.1 Å². The summed E-state index contributed by atoms with van der Waals surface area (Å²) in [5.74, 6) is 0.665. The lowest BCUT2D eigenvalue weighted by atomic mass is 10.2. The third kappa shape index (κ3) is 5.82. The smallest absolute Gasteiger partial charge is 0.227 e. The Balaban J connectivity index is 1.22. The summed E-state index contributed by atoms with van der Waals surface area (Å²) in [6, 6.07) is 21.7. The van der Waals surface area contributed by atoms with E-state index in [2.05, 4.69) is 10.6 Å². The van der Waals surface area contributed by atoms with Crippen molar-refractivity contribution in [3.8, 4) is 5.75 Å². The van der Waals surface area contributed by atoms with Gasteiger partial charge < -0.3 is 20.3 Å².